The topological polar surface area (TPSA) is 108 Å². The normalized spacial score (nSPS) is 11.7. The standard InChI is InChI=1S/C20H34O5Si.C10H20O5Si.C8H8.CH4/c1-7-17(18-12-9-8-10-13-18)16-20(2,3)19(21)25-14-11-15-26(22-4,23-5)24-6;1-9(2)10(11)15-7-6-8-16(12-3,13-4)14-5;1-2-8-6-4-3-5-7-8;/h8-10,12-13,17H,7,11,14-16H2,1-6H3;1,6-8H2,2-5H3;2-7H,1H2;1H4. The highest BCUT2D eigenvalue weighted by atomic mass is 28.4. The molecule has 2 aromatic rings. The number of ether oxygens (including phenoxy) is 2. The second kappa shape index (κ2) is 27.7. The highest BCUT2D eigenvalue weighted by molar-refractivity contribution is 6.60. The van der Waals surface area contributed by atoms with E-state index in [1.54, 1.807) is 49.6 Å². The average Bonchev–Trinajstić information content (AvgIpc) is 3.15. The molecule has 0 bridgehead atoms. The fourth-order valence-electron chi connectivity index (χ4n) is 4.85. The molecule has 0 aromatic heterocycles. The Hall–Kier alpha value is -2.95. The van der Waals surface area contributed by atoms with Gasteiger partial charge >= 0.3 is 29.5 Å². The van der Waals surface area contributed by atoms with Crippen LogP contribution in [0.15, 0.2) is 79.4 Å². The van der Waals surface area contributed by atoms with Gasteiger partial charge in [-0.3, -0.25) is 4.79 Å². The number of benzene rings is 2. The van der Waals surface area contributed by atoms with Crippen molar-refractivity contribution in [3.05, 3.63) is 90.5 Å². The van der Waals surface area contributed by atoms with Crippen molar-refractivity contribution in [2.24, 2.45) is 5.41 Å². The van der Waals surface area contributed by atoms with Crippen molar-refractivity contribution in [3.8, 4) is 0 Å². The number of hydrogen-bond donors (Lipinski definition) is 0. The zero-order valence-corrected chi connectivity index (χ0v) is 34.1. The second-order valence-corrected chi connectivity index (χ2v) is 18.3. The van der Waals surface area contributed by atoms with Crippen LogP contribution in [0.25, 0.3) is 6.08 Å². The highest BCUT2D eigenvalue weighted by Gasteiger charge is 2.38. The number of carbonyl (C=O) groups excluding carboxylic acids is 2. The van der Waals surface area contributed by atoms with E-state index in [0.717, 1.165) is 12.8 Å². The van der Waals surface area contributed by atoms with E-state index in [2.05, 4.69) is 32.2 Å². The minimum absolute atomic E-state index is 0. The van der Waals surface area contributed by atoms with Crippen LogP contribution in [-0.4, -0.2) is 85.4 Å². The van der Waals surface area contributed by atoms with Gasteiger partial charge < -0.3 is 36.0 Å². The molecule has 51 heavy (non-hydrogen) atoms. The second-order valence-electron chi connectivity index (χ2n) is 12.1. The van der Waals surface area contributed by atoms with Gasteiger partial charge in [-0.1, -0.05) is 94.2 Å². The van der Waals surface area contributed by atoms with Crippen LogP contribution < -0.4 is 0 Å². The van der Waals surface area contributed by atoms with Crippen molar-refractivity contribution in [2.45, 2.75) is 78.8 Å². The Morgan fingerprint density at radius 2 is 1.16 bits per heavy atom. The largest absolute Gasteiger partial charge is 0.500 e. The molecule has 2 aromatic carbocycles. The van der Waals surface area contributed by atoms with Gasteiger partial charge in [-0.2, -0.15) is 0 Å². The first-order chi connectivity index (χ1) is 23.8. The van der Waals surface area contributed by atoms with Gasteiger partial charge in [0.05, 0.1) is 18.6 Å². The van der Waals surface area contributed by atoms with Crippen LogP contribution in [0.1, 0.15) is 77.8 Å². The maximum absolute atomic E-state index is 12.6. The van der Waals surface area contributed by atoms with Crippen LogP contribution in [0.2, 0.25) is 12.1 Å². The summed E-state index contributed by atoms with van der Waals surface area (Å²) in [6, 6.07) is 21.6. The van der Waals surface area contributed by atoms with Crippen LogP contribution in [0.3, 0.4) is 0 Å². The Kier molecular flexibility index (Phi) is 27.2. The molecule has 0 spiro atoms. The molecule has 2 rings (SSSR count). The molecule has 0 saturated heterocycles. The third kappa shape index (κ3) is 19.5. The predicted octanol–water partition coefficient (Wildman–Crippen LogP) is 8.75. The maximum atomic E-state index is 12.6. The molecule has 0 amide bonds. The van der Waals surface area contributed by atoms with Crippen molar-refractivity contribution in [1.82, 2.24) is 0 Å². The summed E-state index contributed by atoms with van der Waals surface area (Å²) in [7, 11) is 4.29. The molecule has 0 aliphatic rings. The molecule has 0 N–H and O–H groups in total. The van der Waals surface area contributed by atoms with E-state index in [-0.39, 0.29) is 19.4 Å². The first kappa shape index (κ1) is 50.2. The third-order valence-corrected chi connectivity index (χ3v) is 13.7. The molecule has 0 aliphatic carbocycles. The minimum atomic E-state index is -2.60. The summed E-state index contributed by atoms with van der Waals surface area (Å²) in [5.74, 6) is -0.194. The molecule has 0 aliphatic heterocycles. The number of esters is 2. The molecule has 10 nitrogen and oxygen atoms in total. The fourth-order valence-corrected chi connectivity index (χ4v) is 8.23. The monoisotopic (exact) mass is 750 g/mol. The highest BCUT2D eigenvalue weighted by Crippen LogP contribution is 2.35. The molecule has 1 unspecified atom stereocenters. The minimum Gasteiger partial charge on any atom is -0.465 e. The van der Waals surface area contributed by atoms with Crippen LogP contribution in [0.4, 0.5) is 0 Å². The summed E-state index contributed by atoms with van der Waals surface area (Å²) in [6.45, 7) is 15.5. The summed E-state index contributed by atoms with van der Waals surface area (Å²) >= 11 is 0. The van der Waals surface area contributed by atoms with E-state index in [1.807, 2.05) is 68.5 Å². The van der Waals surface area contributed by atoms with Gasteiger partial charge in [0.25, 0.3) is 0 Å². The van der Waals surface area contributed by atoms with E-state index < -0.39 is 23.0 Å². The van der Waals surface area contributed by atoms with Crippen molar-refractivity contribution < 1.29 is 45.6 Å². The molecular weight excluding hydrogens is 685 g/mol. The molecule has 0 heterocycles. The molecular formula is C39H66O10Si2. The lowest BCUT2D eigenvalue weighted by molar-refractivity contribution is -0.154. The van der Waals surface area contributed by atoms with Gasteiger partial charge in [0.2, 0.25) is 0 Å². The third-order valence-electron chi connectivity index (χ3n) is 8.04. The molecule has 12 heteroatoms. The molecule has 0 radical (unpaired) electrons. The van der Waals surface area contributed by atoms with E-state index in [1.165, 1.54) is 11.1 Å². The zero-order valence-electron chi connectivity index (χ0n) is 32.1. The average molecular weight is 751 g/mol. The molecule has 1 atom stereocenters. The Morgan fingerprint density at radius 1 is 0.745 bits per heavy atom. The maximum Gasteiger partial charge on any atom is 0.500 e. The van der Waals surface area contributed by atoms with Crippen LogP contribution >= 0.6 is 0 Å². The van der Waals surface area contributed by atoms with Gasteiger partial charge in [-0.05, 0) is 63.5 Å². The Bertz CT molecular complexity index is 1200. The van der Waals surface area contributed by atoms with E-state index in [9.17, 15) is 9.59 Å². The summed E-state index contributed by atoms with van der Waals surface area (Å²) < 4.78 is 42.3. The van der Waals surface area contributed by atoms with Gasteiger partial charge in [-0.25, -0.2) is 4.79 Å². The quantitative estimate of drug-likeness (QED) is 0.0532. The predicted molar refractivity (Wildman–Crippen MR) is 210 cm³/mol. The molecule has 290 valence electrons. The number of hydrogen-bond acceptors (Lipinski definition) is 10. The lowest BCUT2D eigenvalue weighted by Crippen LogP contribution is -2.42. The summed E-state index contributed by atoms with van der Waals surface area (Å²) in [5.41, 5.74) is 2.31. The Balaban J connectivity index is 0. The SMILES string of the molecule is C.C=C(C)C(=O)OCCC[Si](OC)(OC)OC.C=Cc1ccccc1.CCC(CC(C)(C)C(=O)OCCC[Si](OC)(OC)OC)c1ccccc1. The molecule has 0 saturated carbocycles. The van der Waals surface area contributed by atoms with Gasteiger partial charge in [0, 0.05) is 60.3 Å². The summed E-state index contributed by atoms with van der Waals surface area (Å²) in [6.07, 6.45) is 4.88. The van der Waals surface area contributed by atoms with Crippen molar-refractivity contribution in [1.29, 1.82) is 0 Å². The summed E-state index contributed by atoms with van der Waals surface area (Å²) in [4.78, 5) is 23.6. The van der Waals surface area contributed by atoms with Gasteiger partial charge in [0.1, 0.15) is 0 Å². The van der Waals surface area contributed by atoms with Crippen molar-refractivity contribution in [3.63, 3.8) is 0 Å². The number of carbonyl (C=O) groups is 2. The van der Waals surface area contributed by atoms with Crippen molar-refractivity contribution >= 4 is 35.6 Å². The number of rotatable bonds is 21. The van der Waals surface area contributed by atoms with Crippen LogP contribution in [-0.2, 0) is 45.6 Å². The Labute approximate surface area is 311 Å². The van der Waals surface area contributed by atoms with E-state index in [0.29, 0.717) is 49.6 Å². The summed E-state index contributed by atoms with van der Waals surface area (Å²) in [5, 5.41) is 0. The zero-order chi connectivity index (χ0) is 38.1. The van der Waals surface area contributed by atoms with Crippen molar-refractivity contribution in [2.75, 3.05) is 55.9 Å². The van der Waals surface area contributed by atoms with E-state index >= 15 is 0 Å². The van der Waals surface area contributed by atoms with E-state index in [4.69, 9.17) is 36.0 Å². The lowest BCUT2D eigenvalue weighted by Gasteiger charge is -2.28. The first-order valence-corrected chi connectivity index (χ1v) is 20.7. The first-order valence-electron chi connectivity index (χ1n) is 16.8. The van der Waals surface area contributed by atoms with Crippen LogP contribution in [0.5, 0.6) is 0 Å². The Morgan fingerprint density at radius 3 is 1.51 bits per heavy atom. The lowest BCUT2D eigenvalue weighted by atomic mass is 9.79. The van der Waals surface area contributed by atoms with Crippen LogP contribution in [0, 0.1) is 5.41 Å². The molecule has 0 fully saturated rings. The smallest absolute Gasteiger partial charge is 0.465 e. The van der Waals surface area contributed by atoms with Gasteiger partial charge in [0.15, 0.2) is 0 Å². The van der Waals surface area contributed by atoms with Gasteiger partial charge in [-0.15, -0.1) is 0 Å². The fraction of sp³-hybridized carbons (Fsp3) is 0.538.